The minimum absolute atomic E-state index is 0.191. The van der Waals surface area contributed by atoms with Gasteiger partial charge in [-0.1, -0.05) is 6.92 Å². The Morgan fingerprint density at radius 1 is 1.25 bits per heavy atom. The predicted octanol–water partition coefficient (Wildman–Crippen LogP) is 4.12. The highest BCUT2D eigenvalue weighted by molar-refractivity contribution is 7.15. The van der Waals surface area contributed by atoms with Crippen LogP contribution in [0.1, 0.15) is 41.6 Å². The van der Waals surface area contributed by atoms with Crippen LogP contribution in [0.15, 0.2) is 24.3 Å². The van der Waals surface area contributed by atoms with Crippen molar-refractivity contribution in [3.05, 3.63) is 34.8 Å². The maximum Gasteiger partial charge on any atom is 0.182 e. The summed E-state index contributed by atoms with van der Waals surface area (Å²) in [6, 6.07) is 7.96. The molecule has 0 saturated carbocycles. The highest BCUT2D eigenvalue weighted by atomic mass is 32.1. The van der Waals surface area contributed by atoms with E-state index in [4.69, 9.17) is 4.74 Å². The fourth-order valence-electron chi connectivity index (χ4n) is 2.30. The Kier molecular flexibility index (Phi) is 3.83. The Hall–Kier alpha value is -1.68. The zero-order valence-corrected chi connectivity index (χ0v) is 12.3. The molecule has 104 valence electrons. The van der Waals surface area contributed by atoms with E-state index in [1.54, 1.807) is 11.3 Å². The van der Waals surface area contributed by atoms with Crippen molar-refractivity contribution in [1.29, 1.82) is 0 Å². The molecule has 0 unspecified atom stereocenters. The zero-order valence-electron chi connectivity index (χ0n) is 11.5. The molecule has 0 saturated heterocycles. The van der Waals surface area contributed by atoms with E-state index in [1.165, 1.54) is 0 Å². The lowest BCUT2D eigenvalue weighted by molar-refractivity contribution is 0.0968. The molecule has 0 bridgehead atoms. The average Bonchev–Trinajstić information content (AvgIpc) is 2.91. The quantitative estimate of drug-likeness (QED) is 0.849. The summed E-state index contributed by atoms with van der Waals surface area (Å²) >= 11 is 1.64. The number of ketones is 1. The normalized spacial score (nSPS) is 14.2. The number of aromatic nitrogens is 1. The van der Waals surface area contributed by atoms with Crippen molar-refractivity contribution in [2.45, 2.75) is 32.6 Å². The summed E-state index contributed by atoms with van der Waals surface area (Å²) in [4.78, 5) is 17.5. The molecule has 0 radical (unpaired) electrons. The Bertz CT molecular complexity index is 616. The maximum atomic E-state index is 11.8. The van der Waals surface area contributed by atoms with Crippen LogP contribution in [0.25, 0.3) is 10.6 Å². The third-order valence-corrected chi connectivity index (χ3v) is 4.51. The van der Waals surface area contributed by atoms with Crippen LogP contribution in [-0.4, -0.2) is 17.4 Å². The lowest BCUT2D eigenvalue weighted by Crippen LogP contribution is -2.08. The molecule has 1 aromatic carbocycles. The van der Waals surface area contributed by atoms with Gasteiger partial charge in [0.1, 0.15) is 16.5 Å². The predicted molar refractivity (Wildman–Crippen MR) is 80.6 cm³/mol. The smallest absolute Gasteiger partial charge is 0.182 e. The minimum Gasteiger partial charge on any atom is -0.494 e. The number of aryl methyl sites for hydroxylation is 1. The van der Waals surface area contributed by atoms with E-state index in [1.807, 2.05) is 24.3 Å². The van der Waals surface area contributed by atoms with Crippen molar-refractivity contribution in [2.24, 2.45) is 0 Å². The summed E-state index contributed by atoms with van der Waals surface area (Å²) in [5.41, 5.74) is 1.75. The van der Waals surface area contributed by atoms with Gasteiger partial charge in [0, 0.05) is 16.9 Å². The number of rotatable bonds is 4. The van der Waals surface area contributed by atoms with E-state index in [2.05, 4.69) is 11.9 Å². The summed E-state index contributed by atoms with van der Waals surface area (Å²) in [6.07, 6.45) is 3.58. The zero-order chi connectivity index (χ0) is 13.9. The number of carbonyl (C=O) groups is 1. The van der Waals surface area contributed by atoms with Crippen molar-refractivity contribution < 1.29 is 9.53 Å². The highest BCUT2D eigenvalue weighted by Gasteiger charge is 2.22. The van der Waals surface area contributed by atoms with Gasteiger partial charge in [-0.25, -0.2) is 4.98 Å². The molecule has 1 aromatic heterocycles. The standard InChI is InChI=1S/C16H17NO2S/c1-2-10-19-12-8-6-11(7-9-12)16-17-15-13(18)4-3-5-14(15)20-16/h6-9H,2-5,10H2,1H3. The number of ether oxygens (including phenoxy) is 1. The second-order valence-electron chi connectivity index (χ2n) is 4.94. The van der Waals surface area contributed by atoms with Gasteiger partial charge in [-0.05, 0) is 43.5 Å². The van der Waals surface area contributed by atoms with Crippen molar-refractivity contribution >= 4 is 17.1 Å². The first-order chi connectivity index (χ1) is 9.78. The number of hydrogen-bond donors (Lipinski definition) is 0. The number of thiazole rings is 1. The largest absolute Gasteiger partial charge is 0.494 e. The van der Waals surface area contributed by atoms with Gasteiger partial charge in [0.15, 0.2) is 5.78 Å². The van der Waals surface area contributed by atoms with Crippen LogP contribution in [0.3, 0.4) is 0 Å². The number of hydrogen-bond acceptors (Lipinski definition) is 4. The van der Waals surface area contributed by atoms with E-state index < -0.39 is 0 Å². The van der Waals surface area contributed by atoms with Gasteiger partial charge in [0.05, 0.1) is 6.61 Å². The molecule has 0 N–H and O–H groups in total. The van der Waals surface area contributed by atoms with Gasteiger partial charge < -0.3 is 4.74 Å². The molecule has 2 aromatic rings. The van der Waals surface area contributed by atoms with Crippen LogP contribution >= 0.6 is 11.3 Å². The average molecular weight is 287 g/mol. The van der Waals surface area contributed by atoms with Crippen molar-refractivity contribution in [2.75, 3.05) is 6.61 Å². The monoisotopic (exact) mass is 287 g/mol. The van der Waals surface area contributed by atoms with E-state index in [0.29, 0.717) is 12.1 Å². The highest BCUT2D eigenvalue weighted by Crippen LogP contribution is 2.33. The van der Waals surface area contributed by atoms with Crippen LogP contribution in [0.5, 0.6) is 5.75 Å². The van der Waals surface area contributed by atoms with Crippen molar-refractivity contribution in [3.8, 4) is 16.3 Å². The van der Waals surface area contributed by atoms with E-state index in [-0.39, 0.29) is 5.78 Å². The molecule has 0 aliphatic heterocycles. The molecule has 4 heteroatoms. The minimum atomic E-state index is 0.191. The van der Waals surface area contributed by atoms with Gasteiger partial charge in [-0.3, -0.25) is 4.79 Å². The molecule has 1 aliphatic carbocycles. The molecule has 0 amide bonds. The van der Waals surface area contributed by atoms with E-state index >= 15 is 0 Å². The molecular weight excluding hydrogens is 270 g/mol. The summed E-state index contributed by atoms with van der Waals surface area (Å²) in [6.45, 7) is 2.82. The summed E-state index contributed by atoms with van der Waals surface area (Å²) in [7, 11) is 0. The van der Waals surface area contributed by atoms with Gasteiger partial charge in [-0.2, -0.15) is 0 Å². The van der Waals surface area contributed by atoms with Crippen molar-refractivity contribution in [1.82, 2.24) is 4.98 Å². The first kappa shape index (κ1) is 13.3. The first-order valence-electron chi connectivity index (χ1n) is 7.04. The molecule has 1 heterocycles. The Morgan fingerprint density at radius 3 is 2.75 bits per heavy atom. The Labute approximate surface area is 122 Å². The SMILES string of the molecule is CCCOc1ccc(-c2nc3c(s2)CCCC3=O)cc1. The maximum absolute atomic E-state index is 11.8. The summed E-state index contributed by atoms with van der Waals surface area (Å²) in [5, 5.41) is 0.937. The Morgan fingerprint density at radius 2 is 2.05 bits per heavy atom. The van der Waals surface area contributed by atoms with E-state index in [0.717, 1.165) is 47.1 Å². The molecule has 1 aliphatic rings. The second-order valence-corrected chi connectivity index (χ2v) is 6.02. The molecular formula is C16H17NO2S. The molecule has 0 atom stereocenters. The molecule has 0 spiro atoms. The third kappa shape index (κ3) is 2.61. The first-order valence-corrected chi connectivity index (χ1v) is 7.85. The number of nitrogens with zero attached hydrogens (tertiary/aromatic N) is 1. The van der Waals surface area contributed by atoms with Crippen LogP contribution < -0.4 is 4.74 Å². The van der Waals surface area contributed by atoms with Crippen molar-refractivity contribution in [3.63, 3.8) is 0 Å². The lowest BCUT2D eigenvalue weighted by Gasteiger charge is -2.06. The topological polar surface area (TPSA) is 39.2 Å². The molecule has 0 fully saturated rings. The van der Waals surface area contributed by atoms with Gasteiger partial charge in [0.25, 0.3) is 0 Å². The lowest BCUT2D eigenvalue weighted by atomic mass is 10.0. The molecule has 3 rings (SSSR count). The third-order valence-electron chi connectivity index (χ3n) is 3.34. The number of Topliss-reactive ketones (excluding diaryl/α,β-unsaturated/α-hetero) is 1. The molecule has 3 nitrogen and oxygen atoms in total. The van der Waals surface area contributed by atoms with Gasteiger partial charge in [-0.15, -0.1) is 11.3 Å². The van der Waals surface area contributed by atoms with Crippen LogP contribution in [0.4, 0.5) is 0 Å². The Balaban J connectivity index is 1.84. The van der Waals surface area contributed by atoms with Gasteiger partial charge >= 0.3 is 0 Å². The fraction of sp³-hybridized carbons (Fsp3) is 0.375. The van der Waals surface area contributed by atoms with Crippen LogP contribution in [0, 0.1) is 0 Å². The number of carbonyl (C=O) groups excluding carboxylic acids is 1. The fourth-order valence-corrected chi connectivity index (χ4v) is 3.43. The van der Waals surface area contributed by atoms with Crippen LogP contribution in [0.2, 0.25) is 0 Å². The van der Waals surface area contributed by atoms with Crippen LogP contribution in [-0.2, 0) is 6.42 Å². The molecule has 20 heavy (non-hydrogen) atoms. The summed E-state index contributed by atoms with van der Waals surface area (Å²) in [5.74, 6) is 1.07. The number of benzene rings is 1. The second kappa shape index (κ2) is 5.75. The van der Waals surface area contributed by atoms with E-state index in [9.17, 15) is 4.79 Å². The van der Waals surface area contributed by atoms with Gasteiger partial charge in [0.2, 0.25) is 0 Å². The summed E-state index contributed by atoms with van der Waals surface area (Å²) < 4.78 is 5.57. The number of fused-ring (bicyclic) bond motifs is 1.